The molecule has 1 heterocycles. The van der Waals surface area contributed by atoms with Crippen molar-refractivity contribution >= 4 is 25.0 Å². The van der Waals surface area contributed by atoms with E-state index in [2.05, 4.69) is 83.2 Å². The van der Waals surface area contributed by atoms with Crippen molar-refractivity contribution in [2.45, 2.75) is 83.8 Å². The highest BCUT2D eigenvalue weighted by Gasteiger charge is 2.39. The number of fused-ring (bicyclic) bond motifs is 1. The van der Waals surface area contributed by atoms with Gasteiger partial charge in [0, 0.05) is 18.8 Å². The number of ether oxygens (including phenoxy) is 3. The second-order valence-electron chi connectivity index (χ2n) is 13.0. The Morgan fingerprint density at radius 1 is 0.737 bits per heavy atom. The maximum absolute atomic E-state index is 6.66. The molecule has 3 rings (SSSR count). The smallest absolute Gasteiger partial charge is 0.242 e. The molecule has 0 amide bonds. The summed E-state index contributed by atoms with van der Waals surface area (Å²) in [5.41, 5.74) is 3.42. The van der Waals surface area contributed by atoms with Crippen molar-refractivity contribution in [3.63, 3.8) is 0 Å². The summed E-state index contributed by atoms with van der Waals surface area (Å²) >= 11 is 0. The second kappa shape index (κ2) is 12.2. The van der Waals surface area contributed by atoms with Crippen LogP contribution >= 0.6 is 0 Å². The standard InChI is InChI=1S/C29H48O6Si3/c1-30-26-19-22(14-15-25(26)35-38(9,10)11)28-24(20-33-37(6,7)8)23-17-21(13-12-16-32-36(3,4)5)18-27(31-2)29(23)34-28/h14-15,17-19,24,28H,12-13,16,20H2,1-11H3. The topological polar surface area (TPSA) is 55.4 Å². The molecule has 0 saturated carbocycles. The van der Waals surface area contributed by atoms with Crippen LogP contribution in [0.2, 0.25) is 58.9 Å². The fourth-order valence-electron chi connectivity index (χ4n) is 4.50. The van der Waals surface area contributed by atoms with E-state index in [1.807, 2.05) is 6.07 Å². The third kappa shape index (κ3) is 8.61. The highest BCUT2D eigenvalue weighted by molar-refractivity contribution is 6.70. The highest BCUT2D eigenvalue weighted by Crippen LogP contribution is 2.52. The first kappa shape index (κ1) is 30.7. The predicted octanol–water partition coefficient (Wildman–Crippen LogP) is 7.77. The van der Waals surface area contributed by atoms with E-state index in [1.165, 1.54) is 5.56 Å². The summed E-state index contributed by atoms with van der Waals surface area (Å²) in [6.45, 7) is 21.2. The molecule has 2 aromatic carbocycles. The quantitative estimate of drug-likeness (QED) is 0.179. The fraction of sp³-hybridized carbons (Fsp3) is 0.586. The lowest BCUT2D eigenvalue weighted by molar-refractivity contribution is 0.163. The van der Waals surface area contributed by atoms with E-state index in [0.717, 1.165) is 53.6 Å². The van der Waals surface area contributed by atoms with Crippen LogP contribution in [-0.4, -0.2) is 52.4 Å². The van der Waals surface area contributed by atoms with Gasteiger partial charge in [0.1, 0.15) is 11.9 Å². The van der Waals surface area contributed by atoms with Gasteiger partial charge in [-0.3, -0.25) is 0 Å². The highest BCUT2D eigenvalue weighted by atomic mass is 28.4. The van der Waals surface area contributed by atoms with Gasteiger partial charge in [0.05, 0.1) is 20.1 Å². The summed E-state index contributed by atoms with van der Waals surface area (Å²) in [6.07, 6.45) is 1.69. The maximum atomic E-state index is 6.66. The Morgan fingerprint density at radius 3 is 1.97 bits per heavy atom. The van der Waals surface area contributed by atoms with E-state index < -0.39 is 25.0 Å². The molecule has 0 bridgehead atoms. The van der Waals surface area contributed by atoms with E-state index >= 15 is 0 Å². The minimum atomic E-state index is -1.79. The molecule has 212 valence electrons. The molecule has 2 aromatic rings. The van der Waals surface area contributed by atoms with Gasteiger partial charge in [-0.2, -0.15) is 0 Å². The van der Waals surface area contributed by atoms with Crippen molar-refractivity contribution in [3.05, 3.63) is 47.0 Å². The van der Waals surface area contributed by atoms with Crippen LogP contribution in [0.4, 0.5) is 0 Å². The Hall–Kier alpha value is -1.79. The minimum absolute atomic E-state index is 0.0391. The van der Waals surface area contributed by atoms with Crippen LogP contribution in [0.1, 0.15) is 35.1 Å². The summed E-state index contributed by atoms with van der Waals surface area (Å²) in [7, 11) is -1.65. The summed E-state index contributed by atoms with van der Waals surface area (Å²) in [5.74, 6) is 3.13. The molecule has 0 spiro atoms. The lowest BCUT2D eigenvalue weighted by atomic mass is 9.90. The zero-order valence-electron chi connectivity index (χ0n) is 25.3. The normalized spacial score (nSPS) is 17.7. The van der Waals surface area contributed by atoms with E-state index in [0.29, 0.717) is 6.61 Å². The Morgan fingerprint density at radius 2 is 1.39 bits per heavy atom. The van der Waals surface area contributed by atoms with Crippen molar-refractivity contribution < 1.29 is 27.5 Å². The number of aryl methyl sites for hydroxylation is 1. The van der Waals surface area contributed by atoms with Crippen LogP contribution < -0.4 is 18.6 Å². The Bertz CT molecular complexity index is 1090. The molecule has 9 heteroatoms. The van der Waals surface area contributed by atoms with Crippen molar-refractivity contribution in [3.8, 4) is 23.0 Å². The van der Waals surface area contributed by atoms with Gasteiger partial charge in [0.15, 0.2) is 33.9 Å². The number of methoxy groups -OCH3 is 2. The van der Waals surface area contributed by atoms with E-state index in [-0.39, 0.29) is 12.0 Å². The molecule has 0 aliphatic carbocycles. The molecule has 0 N–H and O–H groups in total. The van der Waals surface area contributed by atoms with Gasteiger partial charge in [-0.15, -0.1) is 0 Å². The molecule has 0 radical (unpaired) electrons. The summed E-state index contributed by atoms with van der Waals surface area (Å²) in [4.78, 5) is 0. The van der Waals surface area contributed by atoms with Gasteiger partial charge in [0.2, 0.25) is 8.32 Å². The van der Waals surface area contributed by atoms with Crippen LogP contribution in [0.25, 0.3) is 0 Å². The molecule has 6 nitrogen and oxygen atoms in total. The largest absolute Gasteiger partial charge is 0.542 e. The van der Waals surface area contributed by atoms with E-state index in [9.17, 15) is 0 Å². The molecular weight excluding hydrogens is 529 g/mol. The van der Waals surface area contributed by atoms with Crippen molar-refractivity contribution in [2.75, 3.05) is 27.4 Å². The monoisotopic (exact) mass is 576 g/mol. The molecule has 2 unspecified atom stereocenters. The molecule has 1 aliphatic heterocycles. The maximum Gasteiger partial charge on any atom is 0.242 e. The number of benzene rings is 2. The van der Waals surface area contributed by atoms with Gasteiger partial charge < -0.3 is 27.5 Å². The molecule has 0 aromatic heterocycles. The molecular formula is C29H48O6Si3. The first-order valence-electron chi connectivity index (χ1n) is 13.6. The number of rotatable bonds is 13. The number of hydrogen-bond acceptors (Lipinski definition) is 6. The van der Waals surface area contributed by atoms with Crippen LogP contribution in [-0.2, 0) is 15.3 Å². The molecule has 0 fully saturated rings. The average Bonchev–Trinajstić information content (AvgIpc) is 3.16. The Balaban J connectivity index is 1.95. The second-order valence-corrected chi connectivity index (χ2v) is 26.4. The van der Waals surface area contributed by atoms with E-state index in [1.54, 1.807) is 14.2 Å². The zero-order chi connectivity index (χ0) is 28.3. The zero-order valence-corrected chi connectivity index (χ0v) is 28.3. The predicted molar refractivity (Wildman–Crippen MR) is 163 cm³/mol. The van der Waals surface area contributed by atoms with Gasteiger partial charge in [-0.1, -0.05) is 12.1 Å². The summed E-state index contributed by atoms with van der Waals surface area (Å²) in [6, 6.07) is 10.5. The van der Waals surface area contributed by atoms with Crippen LogP contribution in [0.3, 0.4) is 0 Å². The van der Waals surface area contributed by atoms with Gasteiger partial charge in [-0.05, 0) is 101 Å². The fourth-order valence-corrected chi connectivity index (χ4v) is 6.76. The van der Waals surface area contributed by atoms with Gasteiger partial charge >= 0.3 is 0 Å². The van der Waals surface area contributed by atoms with Crippen molar-refractivity contribution in [1.29, 1.82) is 0 Å². The number of hydrogen-bond donors (Lipinski definition) is 0. The Kier molecular flexibility index (Phi) is 9.84. The van der Waals surface area contributed by atoms with Crippen molar-refractivity contribution in [1.82, 2.24) is 0 Å². The first-order valence-corrected chi connectivity index (χ1v) is 23.8. The van der Waals surface area contributed by atoms with Crippen molar-refractivity contribution in [2.24, 2.45) is 0 Å². The molecule has 0 saturated heterocycles. The van der Waals surface area contributed by atoms with Gasteiger partial charge in [0.25, 0.3) is 0 Å². The molecule has 1 aliphatic rings. The molecule has 38 heavy (non-hydrogen) atoms. The SMILES string of the molecule is COc1cc(C2Oc3c(OC)cc(CCCO[Si](C)(C)C)cc3C2CO[Si](C)(C)C)ccc1O[Si](C)(C)C. The lowest BCUT2D eigenvalue weighted by Gasteiger charge is -2.26. The van der Waals surface area contributed by atoms with Crippen LogP contribution in [0.5, 0.6) is 23.0 Å². The Labute approximate surface area is 233 Å². The first-order chi connectivity index (χ1) is 17.6. The molecule has 2 atom stereocenters. The van der Waals surface area contributed by atoms with E-state index in [4.69, 9.17) is 27.5 Å². The third-order valence-corrected chi connectivity index (χ3v) is 9.08. The summed E-state index contributed by atoms with van der Waals surface area (Å²) in [5, 5.41) is 0. The third-order valence-electron chi connectivity index (χ3n) is 6.15. The minimum Gasteiger partial charge on any atom is -0.542 e. The van der Waals surface area contributed by atoms with Gasteiger partial charge in [-0.25, -0.2) is 0 Å². The van der Waals surface area contributed by atoms with Crippen LogP contribution in [0.15, 0.2) is 30.3 Å². The lowest BCUT2D eigenvalue weighted by Crippen LogP contribution is -2.30. The van der Waals surface area contributed by atoms with Crippen LogP contribution in [0, 0.1) is 0 Å². The average molecular weight is 577 g/mol. The summed E-state index contributed by atoms with van der Waals surface area (Å²) < 4.78 is 37.1.